The van der Waals surface area contributed by atoms with Crippen LogP contribution < -0.4 is 4.90 Å². The van der Waals surface area contributed by atoms with E-state index in [-0.39, 0.29) is 11.3 Å². The molecule has 1 amide bonds. The van der Waals surface area contributed by atoms with Gasteiger partial charge in [-0.1, -0.05) is 30.3 Å². The number of para-hydroxylation sites is 1. The van der Waals surface area contributed by atoms with Crippen LogP contribution in [0, 0.1) is 0 Å². The molecule has 0 bridgehead atoms. The van der Waals surface area contributed by atoms with E-state index in [1.165, 1.54) is 12.1 Å². The Morgan fingerprint density at radius 3 is 2.40 bits per heavy atom. The molecule has 1 aliphatic rings. The molecule has 2 aromatic rings. The van der Waals surface area contributed by atoms with Crippen LogP contribution >= 0.6 is 0 Å². The zero-order valence-electron chi connectivity index (χ0n) is 10.4. The predicted molar refractivity (Wildman–Crippen MR) is 71.6 cm³/mol. The second kappa shape index (κ2) is 4.47. The van der Waals surface area contributed by atoms with E-state index in [0.717, 1.165) is 4.90 Å². The quantitative estimate of drug-likeness (QED) is 0.874. The molecular formula is C15H11NO4. The molecule has 1 heterocycles. The van der Waals surface area contributed by atoms with Crippen molar-refractivity contribution in [2.24, 2.45) is 0 Å². The lowest BCUT2D eigenvalue weighted by molar-refractivity contribution is 0.0697. The van der Waals surface area contributed by atoms with Crippen LogP contribution in [0.2, 0.25) is 0 Å². The number of carboxylic acids is 1. The van der Waals surface area contributed by atoms with Gasteiger partial charge >= 0.3 is 5.97 Å². The molecule has 0 fully saturated rings. The molecule has 1 aliphatic heterocycles. The van der Waals surface area contributed by atoms with Gasteiger partial charge in [0.15, 0.2) is 6.23 Å². The highest BCUT2D eigenvalue weighted by Crippen LogP contribution is 2.37. The molecule has 0 aliphatic carbocycles. The third kappa shape index (κ3) is 1.68. The van der Waals surface area contributed by atoms with E-state index in [2.05, 4.69) is 0 Å². The number of amides is 1. The van der Waals surface area contributed by atoms with E-state index in [9.17, 15) is 19.8 Å². The number of nitrogens with zero attached hydrogens (tertiary/aromatic N) is 1. The minimum absolute atomic E-state index is 0.0206. The third-order valence-corrected chi connectivity index (χ3v) is 3.33. The van der Waals surface area contributed by atoms with Gasteiger partial charge in [-0.25, -0.2) is 4.79 Å². The Morgan fingerprint density at radius 2 is 1.70 bits per heavy atom. The monoisotopic (exact) mass is 269 g/mol. The van der Waals surface area contributed by atoms with Crippen molar-refractivity contribution in [1.82, 2.24) is 0 Å². The van der Waals surface area contributed by atoms with Gasteiger partial charge in [0.25, 0.3) is 5.91 Å². The normalized spacial score (nSPS) is 17.1. The fourth-order valence-corrected chi connectivity index (χ4v) is 2.40. The average molecular weight is 269 g/mol. The standard InChI is InChI=1S/C15H11NO4/c17-13-9-5-1-2-6-10(9)14(18)16(13)12-8-4-3-7-11(12)15(19)20/h1-8,13,17H,(H,19,20)/t13-/m0/s1. The van der Waals surface area contributed by atoms with Gasteiger partial charge in [-0.3, -0.25) is 9.69 Å². The molecule has 2 N–H and O–H groups in total. The Hall–Kier alpha value is -2.66. The lowest BCUT2D eigenvalue weighted by Crippen LogP contribution is -2.29. The van der Waals surface area contributed by atoms with Crippen LogP contribution in [0.3, 0.4) is 0 Å². The van der Waals surface area contributed by atoms with Crippen molar-refractivity contribution in [3.8, 4) is 0 Å². The van der Waals surface area contributed by atoms with Gasteiger partial charge in [0.1, 0.15) is 0 Å². The molecule has 3 rings (SSSR count). The van der Waals surface area contributed by atoms with Crippen LogP contribution in [-0.4, -0.2) is 22.1 Å². The average Bonchev–Trinajstić information content (AvgIpc) is 2.71. The van der Waals surface area contributed by atoms with Crippen LogP contribution in [0.1, 0.15) is 32.5 Å². The minimum Gasteiger partial charge on any atom is -0.478 e. The van der Waals surface area contributed by atoms with Crippen molar-refractivity contribution in [3.63, 3.8) is 0 Å². The molecule has 5 heteroatoms. The molecule has 0 unspecified atom stereocenters. The molecule has 0 saturated heterocycles. The number of hydrogen-bond donors (Lipinski definition) is 2. The molecular weight excluding hydrogens is 258 g/mol. The van der Waals surface area contributed by atoms with Crippen LogP contribution in [0.5, 0.6) is 0 Å². The van der Waals surface area contributed by atoms with E-state index < -0.39 is 18.1 Å². The smallest absolute Gasteiger partial charge is 0.337 e. The summed E-state index contributed by atoms with van der Waals surface area (Å²) in [6.45, 7) is 0. The van der Waals surface area contributed by atoms with Gasteiger partial charge in [-0.15, -0.1) is 0 Å². The van der Waals surface area contributed by atoms with Crippen LogP contribution in [0.25, 0.3) is 0 Å². The minimum atomic E-state index is -1.17. The molecule has 0 saturated carbocycles. The first kappa shape index (κ1) is 12.4. The van der Waals surface area contributed by atoms with Gasteiger partial charge in [0.2, 0.25) is 0 Å². The summed E-state index contributed by atoms with van der Waals surface area (Å²) in [4.78, 5) is 24.7. The fraction of sp³-hybridized carbons (Fsp3) is 0.0667. The summed E-state index contributed by atoms with van der Waals surface area (Å²) in [6, 6.07) is 12.8. The van der Waals surface area contributed by atoms with Gasteiger partial charge in [0.05, 0.1) is 11.3 Å². The van der Waals surface area contributed by atoms with Crippen LogP contribution in [0.4, 0.5) is 5.69 Å². The molecule has 2 aromatic carbocycles. The van der Waals surface area contributed by atoms with Crippen molar-refractivity contribution >= 4 is 17.6 Å². The van der Waals surface area contributed by atoms with Crippen LogP contribution in [0.15, 0.2) is 48.5 Å². The van der Waals surface area contributed by atoms with Crippen molar-refractivity contribution in [2.45, 2.75) is 6.23 Å². The molecule has 0 radical (unpaired) electrons. The van der Waals surface area contributed by atoms with Gasteiger partial charge in [0, 0.05) is 11.1 Å². The lowest BCUT2D eigenvalue weighted by Gasteiger charge is -2.22. The SMILES string of the molecule is O=C(O)c1ccccc1N1C(=O)c2ccccc2[C@@H]1O. The Morgan fingerprint density at radius 1 is 1.05 bits per heavy atom. The fourth-order valence-electron chi connectivity index (χ4n) is 2.40. The number of benzene rings is 2. The lowest BCUT2D eigenvalue weighted by atomic mass is 10.1. The second-order valence-electron chi connectivity index (χ2n) is 4.46. The first-order chi connectivity index (χ1) is 9.61. The molecule has 0 aromatic heterocycles. The number of rotatable bonds is 2. The molecule has 1 atom stereocenters. The first-order valence-electron chi connectivity index (χ1n) is 6.04. The number of hydrogen-bond acceptors (Lipinski definition) is 3. The number of carbonyl (C=O) groups excluding carboxylic acids is 1. The van der Waals surface area contributed by atoms with Gasteiger partial charge < -0.3 is 10.2 Å². The highest BCUT2D eigenvalue weighted by atomic mass is 16.4. The molecule has 5 nitrogen and oxygen atoms in total. The summed E-state index contributed by atoms with van der Waals surface area (Å²) < 4.78 is 0. The second-order valence-corrected chi connectivity index (χ2v) is 4.46. The number of aliphatic hydroxyl groups excluding tert-OH is 1. The summed E-state index contributed by atoms with van der Waals surface area (Å²) in [6.07, 6.45) is -1.17. The Bertz CT molecular complexity index is 711. The predicted octanol–water partition coefficient (Wildman–Crippen LogP) is 2.04. The third-order valence-electron chi connectivity index (χ3n) is 3.33. The van der Waals surface area contributed by atoms with Crippen molar-refractivity contribution in [2.75, 3.05) is 4.90 Å². The largest absolute Gasteiger partial charge is 0.478 e. The van der Waals surface area contributed by atoms with E-state index in [1.54, 1.807) is 36.4 Å². The summed E-state index contributed by atoms with van der Waals surface area (Å²) >= 11 is 0. The Balaban J connectivity index is 2.14. The Kier molecular flexibility index (Phi) is 2.76. The zero-order chi connectivity index (χ0) is 14.3. The van der Waals surface area contributed by atoms with Gasteiger partial charge in [-0.05, 0) is 18.2 Å². The maximum atomic E-state index is 12.4. The van der Waals surface area contributed by atoms with Gasteiger partial charge in [-0.2, -0.15) is 0 Å². The number of aliphatic hydroxyl groups is 1. The van der Waals surface area contributed by atoms with Crippen LogP contribution in [-0.2, 0) is 0 Å². The number of anilines is 1. The van der Waals surface area contributed by atoms with Crippen molar-refractivity contribution < 1.29 is 19.8 Å². The maximum Gasteiger partial charge on any atom is 0.337 e. The summed E-state index contributed by atoms with van der Waals surface area (Å²) in [5.74, 6) is -1.54. The number of aromatic carboxylic acids is 1. The van der Waals surface area contributed by atoms with E-state index in [4.69, 9.17) is 0 Å². The highest BCUT2D eigenvalue weighted by molar-refractivity contribution is 6.13. The zero-order valence-corrected chi connectivity index (χ0v) is 10.4. The number of carbonyl (C=O) groups is 2. The summed E-state index contributed by atoms with van der Waals surface area (Å²) in [7, 11) is 0. The number of fused-ring (bicyclic) bond motifs is 1. The summed E-state index contributed by atoms with van der Waals surface area (Å²) in [5, 5.41) is 19.5. The summed E-state index contributed by atoms with van der Waals surface area (Å²) in [5.41, 5.74) is 1.04. The number of carboxylic acid groups (broad SMARTS) is 1. The molecule has 0 spiro atoms. The van der Waals surface area contributed by atoms with Crippen molar-refractivity contribution in [3.05, 3.63) is 65.2 Å². The Labute approximate surface area is 114 Å². The van der Waals surface area contributed by atoms with Crippen molar-refractivity contribution in [1.29, 1.82) is 0 Å². The highest BCUT2D eigenvalue weighted by Gasteiger charge is 2.37. The maximum absolute atomic E-state index is 12.4. The molecule has 100 valence electrons. The first-order valence-corrected chi connectivity index (χ1v) is 6.04. The van der Waals surface area contributed by atoms with E-state index >= 15 is 0 Å². The van der Waals surface area contributed by atoms with E-state index in [0.29, 0.717) is 11.1 Å². The molecule has 20 heavy (non-hydrogen) atoms. The van der Waals surface area contributed by atoms with E-state index in [1.807, 2.05) is 0 Å². The topological polar surface area (TPSA) is 77.8 Å².